The Morgan fingerprint density at radius 1 is 1.12 bits per heavy atom. The summed E-state index contributed by atoms with van der Waals surface area (Å²) >= 11 is 0. The van der Waals surface area contributed by atoms with Gasteiger partial charge in [0.1, 0.15) is 24.6 Å². The second-order valence-electron chi connectivity index (χ2n) is 10.5. The summed E-state index contributed by atoms with van der Waals surface area (Å²) in [7, 11) is 3.43. The van der Waals surface area contributed by atoms with Crippen molar-refractivity contribution >= 4 is 11.8 Å². The third-order valence-corrected chi connectivity index (χ3v) is 8.63. The second kappa shape index (κ2) is 8.66. The summed E-state index contributed by atoms with van der Waals surface area (Å²) in [6, 6.07) is -1.96. The average molecular weight is 474 g/mol. The minimum atomic E-state index is -1.82. The third-order valence-electron chi connectivity index (χ3n) is 8.63. The van der Waals surface area contributed by atoms with Crippen molar-refractivity contribution in [2.75, 3.05) is 33.9 Å². The van der Waals surface area contributed by atoms with E-state index < -0.39 is 49.0 Å². The van der Waals surface area contributed by atoms with Gasteiger partial charge in [-0.05, 0) is 25.7 Å². The van der Waals surface area contributed by atoms with E-state index in [1.807, 2.05) is 0 Å². The van der Waals surface area contributed by atoms with Crippen LogP contribution >= 0.6 is 0 Å². The molecule has 9 unspecified atom stereocenters. The molecule has 0 aromatic heterocycles. The number of amides is 2. The molecule has 3 saturated heterocycles. The van der Waals surface area contributed by atoms with Gasteiger partial charge in [0.15, 0.2) is 0 Å². The van der Waals surface area contributed by atoms with Gasteiger partial charge in [0.2, 0.25) is 11.8 Å². The lowest BCUT2D eigenvalue weighted by atomic mass is 9.81. The predicted octanol–water partition coefficient (Wildman–Crippen LogP) is 0.0820. The van der Waals surface area contributed by atoms with Gasteiger partial charge in [-0.25, -0.2) is 18.6 Å². The number of alkyl halides is 3. The molecule has 9 atom stereocenters. The number of hydrogen-bond acceptors (Lipinski definition) is 6. The molecule has 5 rings (SSSR count). The number of hydrazine groups is 1. The summed E-state index contributed by atoms with van der Waals surface area (Å²) in [6.07, 6.45) is -2.96. The number of carbonyl (C=O) groups is 2. The van der Waals surface area contributed by atoms with Gasteiger partial charge < -0.3 is 14.5 Å². The Morgan fingerprint density at radius 2 is 1.88 bits per heavy atom. The van der Waals surface area contributed by atoms with Crippen LogP contribution in [0.2, 0.25) is 0 Å². The molecule has 3 aliphatic heterocycles. The smallest absolute Gasteiger partial charge is 0.241 e. The molecule has 3 heterocycles. The van der Waals surface area contributed by atoms with E-state index in [-0.39, 0.29) is 35.7 Å². The first-order chi connectivity index (χ1) is 15.8. The minimum Gasteiger partial charge on any atom is -0.382 e. The lowest BCUT2D eigenvalue weighted by molar-refractivity contribution is -0.140. The maximum absolute atomic E-state index is 14.4. The predicted molar refractivity (Wildman–Crippen MR) is 113 cm³/mol. The lowest BCUT2D eigenvalue weighted by Gasteiger charge is -2.38. The van der Waals surface area contributed by atoms with E-state index in [0.717, 1.165) is 12.8 Å². The molecule has 8 nitrogen and oxygen atoms in total. The van der Waals surface area contributed by atoms with Gasteiger partial charge in [-0.2, -0.15) is 0 Å². The molecule has 33 heavy (non-hydrogen) atoms. The number of nitrogens with one attached hydrogen (secondary N) is 3. The molecule has 0 aromatic carbocycles. The molecule has 2 saturated carbocycles. The molecule has 0 radical (unpaired) electrons. The fourth-order valence-corrected chi connectivity index (χ4v) is 6.38. The normalized spacial score (nSPS) is 43.7. The van der Waals surface area contributed by atoms with Gasteiger partial charge in [0, 0.05) is 57.6 Å². The minimum absolute atomic E-state index is 0.0293. The summed E-state index contributed by atoms with van der Waals surface area (Å²) in [5, 5.41) is 2.95. The zero-order chi connectivity index (χ0) is 23.5. The van der Waals surface area contributed by atoms with Crippen LogP contribution in [-0.4, -0.2) is 104 Å². The van der Waals surface area contributed by atoms with E-state index in [1.165, 1.54) is 0 Å². The number of carbonyl (C=O) groups excluding carboxylic acids is 2. The number of ether oxygens (including phenoxy) is 1. The largest absolute Gasteiger partial charge is 0.382 e. The molecular formula is C22H34F3N5O3. The summed E-state index contributed by atoms with van der Waals surface area (Å²) in [5.74, 6) is -1.19. The molecule has 5 aliphatic rings. The van der Waals surface area contributed by atoms with Crippen LogP contribution in [0.4, 0.5) is 13.2 Å². The third kappa shape index (κ3) is 3.94. The maximum Gasteiger partial charge on any atom is 0.241 e. The number of fused-ring (bicyclic) bond motifs is 2. The highest BCUT2D eigenvalue weighted by Gasteiger charge is 2.55. The van der Waals surface area contributed by atoms with E-state index >= 15 is 0 Å². The average Bonchev–Trinajstić information content (AvgIpc) is 3.26. The van der Waals surface area contributed by atoms with Crippen molar-refractivity contribution < 1.29 is 27.5 Å². The Hall–Kier alpha value is -1.43. The molecule has 11 heteroatoms. The Morgan fingerprint density at radius 3 is 2.58 bits per heavy atom. The molecule has 3 N–H and O–H groups in total. The van der Waals surface area contributed by atoms with Crippen molar-refractivity contribution in [2.45, 2.75) is 80.3 Å². The summed E-state index contributed by atoms with van der Waals surface area (Å²) in [6.45, 7) is 1.37. The Kier molecular flexibility index (Phi) is 6.12. The van der Waals surface area contributed by atoms with Crippen LogP contribution in [0.15, 0.2) is 0 Å². The van der Waals surface area contributed by atoms with Crippen molar-refractivity contribution in [1.29, 1.82) is 0 Å². The first-order valence-corrected chi connectivity index (χ1v) is 12.0. The highest BCUT2D eigenvalue weighted by atomic mass is 19.2. The molecule has 0 aromatic rings. The summed E-state index contributed by atoms with van der Waals surface area (Å²) in [5.41, 5.74) is 6.09. The fourth-order valence-electron chi connectivity index (χ4n) is 6.38. The number of methoxy groups -OCH3 is 1. The number of rotatable bonds is 5. The van der Waals surface area contributed by atoms with Gasteiger partial charge in [-0.3, -0.25) is 20.3 Å². The summed E-state index contributed by atoms with van der Waals surface area (Å²) in [4.78, 5) is 30.0. The number of hydrogen-bond donors (Lipinski definition) is 3. The van der Waals surface area contributed by atoms with E-state index in [1.54, 1.807) is 24.0 Å². The number of likely N-dealkylation sites (N-methyl/N-ethyl adjacent to an activating group) is 1. The first kappa shape index (κ1) is 23.3. The first-order valence-electron chi connectivity index (χ1n) is 12.0. The van der Waals surface area contributed by atoms with Crippen LogP contribution in [0, 0.1) is 11.8 Å². The van der Waals surface area contributed by atoms with Gasteiger partial charge in [-0.15, -0.1) is 0 Å². The molecule has 5 fully saturated rings. The van der Waals surface area contributed by atoms with E-state index in [9.17, 15) is 22.8 Å². The van der Waals surface area contributed by atoms with Crippen LogP contribution in [0.1, 0.15) is 32.1 Å². The summed E-state index contributed by atoms with van der Waals surface area (Å²) < 4.78 is 47.8. The van der Waals surface area contributed by atoms with Crippen molar-refractivity contribution in [3.05, 3.63) is 0 Å². The zero-order valence-corrected chi connectivity index (χ0v) is 19.1. The Balaban J connectivity index is 1.24. The van der Waals surface area contributed by atoms with Crippen molar-refractivity contribution in [1.82, 2.24) is 26.0 Å². The van der Waals surface area contributed by atoms with Crippen molar-refractivity contribution in [2.24, 2.45) is 11.8 Å². The SMILES string of the molecule is COCC1(N(C)C(=O)C2NNC3CCN(C(=O)C4CC5C(F)C(F)CC(F)C5N4)CC32)CC1. The quantitative estimate of drug-likeness (QED) is 0.525. The standard InChI is InChI=1S/C22H34F3N5O3/c1-29(22(4-5-22)10-33-2)21(32)19-12-9-30(6-3-15(12)27-28-19)20(31)16-7-11-17(25)13(23)8-14(24)18(11)26-16/h11-19,26-28H,3-10H2,1-2H3. The topological polar surface area (TPSA) is 85.9 Å². The highest BCUT2D eigenvalue weighted by Crippen LogP contribution is 2.42. The van der Waals surface area contributed by atoms with Gasteiger partial charge >= 0.3 is 0 Å². The van der Waals surface area contributed by atoms with Crippen LogP contribution in [0.3, 0.4) is 0 Å². The monoisotopic (exact) mass is 473 g/mol. The van der Waals surface area contributed by atoms with Gasteiger partial charge in [0.25, 0.3) is 0 Å². The van der Waals surface area contributed by atoms with Crippen LogP contribution in [-0.2, 0) is 14.3 Å². The van der Waals surface area contributed by atoms with E-state index in [0.29, 0.717) is 26.1 Å². The highest BCUT2D eigenvalue weighted by molar-refractivity contribution is 5.85. The van der Waals surface area contributed by atoms with Gasteiger partial charge in [-0.1, -0.05) is 0 Å². The number of nitrogens with zero attached hydrogens (tertiary/aromatic N) is 2. The molecule has 2 aliphatic carbocycles. The lowest BCUT2D eigenvalue weighted by Crippen LogP contribution is -2.57. The number of halogens is 3. The van der Waals surface area contributed by atoms with Crippen molar-refractivity contribution in [3.8, 4) is 0 Å². The Bertz CT molecular complexity index is 786. The van der Waals surface area contributed by atoms with Crippen LogP contribution in [0.5, 0.6) is 0 Å². The van der Waals surface area contributed by atoms with Gasteiger partial charge in [0.05, 0.1) is 18.2 Å². The molecule has 0 spiro atoms. The molecular weight excluding hydrogens is 439 g/mol. The van der Waals surface area contributed by atoms with E-state index in [2.05, 4.69) is 16.2 Å². The second-order valence-corrected chi connectivity index (χ2v) is 10.5. The Labute approximate surface area is 191 Å². The van der Waals surface area contributed by atoms with Crippen molar-refractivity contribution in [3.63, 3.8) is 0 Å². The molecule has 186 valence electrons. The van der Waals surface area contributed by atoms with Crippen LogP contribution in [0.25, 0.3) is 0 Å². The molecule has 0 bridgehead atoms. The molecule has 2 amide bonds. The number of likely N-dealkylation sites (tertiary alicyclic amines) is 1. The van der Waals surface area contributed by atoms with Crippen LogP contribution < -0.4 is 16.2 Å². The fraction of sp³-hybridized carbons (Fsp3) is 0.909. The van der Waals surface area contributed by atoms with E-state index in [4.69, 9.17) is 4.74 Å². The zero-order valence-electron chi connectivity index (χ0n) is 19.1. The maximum atomic E-state index is 14.4. The number of piperidine rings is 1.